The van der Waals surface area contributed by atoms with Crippen LogP contribution in [0.1, 0.15) is 21.8 Å². The minimum absolute atomic E-state index is 0.123. The maximum Gasteiger partial charge on any atom is 0.338 e. The van der Waals surface area contributed by atoms with Gasteiger partial charge in [0.25, 0.3) is 11.8 Å². The lowest BCUT2D eigenvalue weighted by atomic mass is 10.1. The van der Waals surface area contributed by atoms with Crippen LogP contribution in [0.4, 0.5) is 0 Å². The van der Waals surface area contributed by atoms with Gasteiger partial charge in [-0.3, -0.25) is 0 Å². The molecule has 152 valence electrons. The zero-order chi connectivity index (χ0) is 20.9. The van der Waals surface area contributed by atoms with E-state index in [1.165, 1.54) is 0 Å². The normalized spacial score (nSPS) is 10.9. The van der Waals surface area contributed by atoms with E-state index in [-0.39, 0.29) is 18.4 Å². The third-order valence-electron chi connectivity index (χ3n) is 3.99. The van der Waals surface area contributed by atoms with E-state index < -0.39 is 5.97 Å². The van der Waals surface area contributed by atoms with Crippen molar-refractivity contribution in [2.45, 2.75) is 17.3 Å². The van der Waals surface area contributed by atoms with Crippen LogP contribution in [0.5, 0.6) is 0 Å². The van der Waals surface area contributed by atoms with Gasteiger partial charge in [0.05, 0.1) is 5.56 Å². The molecule has 0 aliphatic carbocycles. The topological polar surface area (TPSA) is 78.4 Å². The van der Waals surface area contributed by atoms with Crippen LogP contribution in [0.15, 0.2) is 79.1 Å². The van der Waals surface area contributed by atoms with Gasteiger partial charge in [-0.1, -0.05) is 23.7 Å². The highest BCUT2D eigenvalue weighted by Gasteiger charge is 2.14. The van der Waals surface area contributed by atoms with Gasteiger partial charge in [0.1, 0.15) is 0 Å². The Morgan fingerprint density at radius 2 is 1.77 bits per heavy atom. The van der Waals surface area contributed by atoms with Crippen molar-refractivity contribution in [3.63, 3.8) is 0 Å². The van der Waals surface area contributed by atoms with Crippen molar-refractivity contribution >= 4 is 45.3 Å². The van der Waals surface area contributed by atoms with Gasteiger partial charge < -0.3 is 13.6 Å². The van der Waals surface area contributed by atoms with Gasteiger partial charge in [0.15, 0.2) is 17.0 Å². The predicted molar refractivity (Wildman–Crippen MR) is 116 cm³/mol. The zero-order valence-corrected chi connectivity index (χ0v) is 18.5. The molecule has 0 amide bonds. The maximum absolute atomic E-state index is 12.3. The van der Waals surface area contributed by atoms with Gasteiger partial charge >= 0.3 is 5.97 Å². The van der Waals surface area contributed by atoms with Gasteiger partial charge in [-0.25, -0.2) is 4.79 Å². The molecule has 0 bridgehead atoms. The molecule has 0 spiro atoms. The number of halogens is 2. The lowest BCUT2D eigenvalue weighted by molar-refractivity contribution is 0.0438. The first kappa shape index (κ1) is 20.7. The third-order valence-corrected chi connectivity index (χ3v) is 5.75. The number of esters is 1. The molecule has 0 aliphatic heterocycles. The van der Waals surface area contributed by atoms with E-state index in [2.05, 4.69) is 26.1 Å². The van der Waals surface area contributed by atoms with Crippen LogP contribution in [-0.2, 0) is 17.1 Å². The van der Waals surface area contributed by atoms with Gasteiger partial charge in [0.2, 0.25) is 0 Å². The summed E-state index contributed by atoms with van der Waals surface area (Å²) in [7, 11) is 0. The second-order valence-electron chi connectivity index (χ2n) is 6.12. The number of carbonyl (C=O) groups is 1. The molecule has 2 aromatic carbocycles. The summed E-state index contributed by atoms with van der Waals surface area (Å²) in [6.07, 6.45) is 0. The average molecular weight is 506 g/mol. The number of hydrogen-bond acceptors (Lipinski definition) is 7. The van der Waals surface area contributed by atoms with Gasteiger partial charge in [-0.2, -0.15) is 0 Å². The van der Waals surface area contributed by atoms with Crippen molar-refractivity contribution in [3.8, 4) is 11.7 Å². The fraction of sp³-hybridized carbons (Fsp3) is 0.0952. The number of ether oxygens (including phenoxy) is 1. The number of aromatic nitrogens is 2. The standard InChI is InChI=1S/C21H14BrClN2O4S/c22-18-10-9-17(28-18)20-25-24-19(29-20)11-27-21(26)14-3-1-13(2-4-14)12-30-16-7-5-15(23)6-8-16/h1-10H,11-12H2. The Bertz CT molecular complexity index is 1140. The second-order valence-corrected chi connectivity index (χ2v) is 8.39. The van der Waals surface area contributed by atoms with E-state index in [9.17, 15) is 4.79 Å². The van der Waals surface area contributed by atoms with Crippen LogP contribution in [-0.4, -0.2) is 16.2 Å². The van der Waals surface area contributed by atoms with E-state index >= 15 is 0 Å². The smallest absolute Gasteiger partial charge is 0.338 e. The van der Waals surface area contributed by atoms with E-state index in [1.54, 1.807) is 36.0 Å². The van der Waals surface area contributed by atoms with Crippen LogP contribution in [0.3, 0.4) is 0 Å². The highest BCUT2D eigenvalue weighted by Crippen LogP contribution is 2.25. The minimum atomic E-state index is -0.465. The van der Waals surface area contributed by atoms with Crippen molar-refractivity contribution in [1.29, 1.82) is 0 Å². The van der Waals surface area contributed by atoms with Gasteiger partial charge in [-0.05, 0) is 70.0 Å². The first-order valence-corrected chi connectivity index (χ1v) is 10.9. The summed E-state index contributed by atoms with van der Waals surface area (Å²) in [4.78, 5) is 13.4. The Kier molecular flexibility index (Phi) is 6.56. The van der Waals surface area contributed by atoms with Crippen molar-refractivity contribution in [3.05, 3.63) is 87.4 Å². The predicted octanol–water partition coefficient (Wildman–Crippen LogP) is 6.39. The molecule has 6 nitrogen and oxygen atoms in total. The zero-order valence-electron chi connectivity index (χ0n) is 15.4. The summed E-state index contributed by atoms with van der Waals surface area (Å²) in [5.74, 6) is 1.15. The third kappa shape index (κ3) is 5.33. The highest BCUT2D eigenvalue weighted by molar-refractivity contribution is 9.10. The quantitative estimate of drug-likeness (QED) is 0.212. The molecule has 2 heterocycles. The van der Waals surface area contributed by atoms with E-state index in [0.717, 1.165) is 16.2 Å². The number of furan rings is 1. The molecule has 0 saturated carbocycles. The summed E-state index contributed by atoms with van der Waals surface area (Å²) in [5, 5.41) is 8.46. The van der Waals surface area contributed by atoms with Crippen molar-refractivity contribution < 1.29 is 18.4 Å². The first-order valence-electron chi connectivity index (χ1n) is 8.79. The van der Waals surface area contributed by atoms with Crippen molar-refractivity contribution in [2.75, 3.05) is 0 Å². The van der Waals surface area contributed by atoms with E-state index in [0.29, 0.717) is 21.0 Å². The van der Waals surface area contributed by atoms with E-state index in [1.807, 2.05) is 36.4 Å². The molecular formula is C21H14BrClN2O4S. The SMILES string of the molecule is O=C(OCc1nnc(-c2ccc(Br)o2)o1)c1ccc(CSc2ccc(Cl)cc2)cc1. The molecule has 0 N–H and O–H groups in total. The number of benzene rings is 2. The summed E-state index contributed by atoms with van der Waals surface area (Å²) in [5.41, 5.74) is 1.54. The molecule has 0 unspecified atom stereocenters. The van der Waals surface area contributed by atoms with Crippen LogP contribution in [0.25, 0.3) is 11.7 Å². The summed E-state index contributed by atoms with van der Waals surface area (Å²) >= 11 is 10.8. The first-order chi connectivity index (χ1) is 14.6. The molecule has 4 rings (SSSR count). The number of hydrogen-bond donors (Lipinski definition) is 0. The molecule has 9 heteroatoms. The average Bonchev–Trinajstić information content (AvgIpc) is 3.41. The number of thioether (sulfide) groups is 1. The summed E-state index contributed by atoms with van der Waals surface area (Å²) < 4.78 is 16.6. The Hall–Kier alpha value is -2.55. The summed E-state index contributed by atoms with van der Waals surface area (Å²) in [6.45, 7) is -0.123. The van der Waals surface area contributed by atoms with Crippen molar-refractivity contribution in [1.82, 2.24) is 10.2 Å². The Morgan fingerprint density at radius 1 is 1.00 bits per heavy atom. The van der Waals surface area contributed by atoms with Crippen molar-refractivity contribution in [2.24, 2.45) is 0 Å². The van der Waals surface area contributed by atoms with Gasteiger partial charge in [0, 0.05) is 15.7 Å². The molecule has 30 heavy (non-hydrogen) atoms. The molecular weight excluding hydrogens is 492 g/mol. The van der Waals surface area contributed by atoms with Crippen LogP contribution in [0.2, 0.25) is 5.02 Å². The molecule has 0 aliphatic rings. The number of nitrogens with zero attached hydrogens (tertiary/aromatic N) is 2. The number of carbonyl (C=O) groups excluding carboxylic acids is 1. The molecule has 0 fully saturated rings. The monoisotopic (exact) mass is 504 g/mol. The van der Waals surface area contributed by atoms with Gasteiger partial charge in [-0.15, -0.1) is 22.0 Å². The lowest BCUT2D eigenvalue weighted by Crippen LogP contribution is -2.05. The molecule has 2 aromatic heterocycles. The van der Waals surface area contributed by atoms with Crippen LogP contribution < -0.4 is 0 Å². The second kappa shape index (κ2) is 9.51. The largest absolute Gasteiger partial charge is 0.452 e. The van der Waals surface area contributed by atoms with Crippen LogP contribution in [0, 0.1) is 0 Å². The Labute approximate surface area is 189 Å². The molecule has 4 aromatic rings. The Morgan fingerprint density at radius 3 is 2.47 bits per heavy atom. The Balaban J connectivity index is 1.29. The number of rotatable bonds is 7. The lowest BCUT2D eigenvalue weighted by Gasteiger charge is -2.05. The fourth-order valence-electron chi connectivity index (χ4n) is 2.49. The molecule has 0 saturated heterocycles. The maximum atomic E-state index is 12.3. The van der Waals surface area contributed by atoms with E-state index in [4.69, 9.17) is 25.2 Å². The molecule has 0 radical (unpaired) electrons. The summed E-state index contributed by atoms with van der Waals surface area (Å²) in [6, 6.07) is 18.4. The highest BCUT2D eigenvalue weighted by atomic mass is 79.9. The van der Waals surface area contributed by atoms with Crippen LogP contribution >= 0.6 is 39.3 Å². The fourth-order valence-corrected chi connectivity index (χ4v) is 3.77. The minimum Gasteiger partial charge on any atom is -0.452 e. The molecule has 0 atom stereocenters.